The van der Waals surface area contributed by atoms with Crippen molar-refractivity contribution in [2.45, 2.75) is 40.0 Å². The molecule has 0 fully saturated rings. The normalized spacial score (nSPS) is 14.1. The minimum atomic E-state index is 0.405. The maximum Gasteiger partial charge on any atom is 0.183 e. The average Bonchev–Trinajstić information content (AvgIpc) is 2.01. The summed E-state index contributed by atoms with van der Waals surface area (Å²) in [4.78, 5) is 0. The van der Waals surface area contributed by atoms with Crippen molar-refractivity contribution in [2.75, 3.05) is 0 Å². The molecule has 1 nitrogen and oxygen atoms in total. The Labute approximate surface area is 87.8 Å². The highest BCUT2D eigenvalue weighted by Crippen LogP contribution is 2.28. The molecule has 0 bridgehead atoms. The van der Waals surface area contributed by atoms with Gasteiger partial charge in [0.25, 0.3) is 0 Å². The molecule has 1 heterocycles. The summed E-state index contributed by atoms with van der Waals surface area (Å²) in [5, 5.41) is 0. The first-order chi connectivity index (χ1) is 6.40. The molecule has 14 heavy (non-hydrogen) atoms. The van der Waals surface area contributed by atoms with Gasteiger partial charge >= 0.3 is 0 Å². The third-order valence-corrected chi connectivity index (χ3v) is 2.52. The topological polar surface area (TPSA) is 3.88 Å². The van der Waals surface area contributed by atoms with E-state index in [-0.39, 0.29) is 0 Å². The fourth-order valence-electron chi connectivity index (χ4n) is 2.07. The lowest BCUT2D eigenvalue weighted by Gasteiger charge is -2.21. The average molecular weight is 192 g/mol. The lowest BCUT2D eigenvalue weighted by Crippen LogP contribution is -2.34. The Morgan fingerprint density at radius 3 is 2.43 bits per heavy atom. The van der Waals surface area contributed by atoms with Crippen LogP contribution in [0.25, 0.3) is 0 Å². The van der Waals surface area contributed by atoms with E-state index in [9.17, 15) is 0 Å². The van der Waals surface area contributed by atoms with Gasteiger partial charge in [-0.15, -0.1) is 0 Å². The van der Waals surface area contributed by atoms with Gasteiger partial charge < -0.3 is 0 Å². The Bertz CT molecular complexity index is 296. The van der Waals surface area contributed by atoms with Gasteiger partial charge in [0.05, 0.1) is 0 Å². The van der Waals surface area contributed by atoms with Gasteiger partial charge in [-0.2, -0.15) is 0 Å². The van der Waals surface area contributed by atoms with Crippen LogP contribution in [0.15, 0.2) is 24.4 Å². The summed E-state index contributed by atoms with van der Waals surface area (Å²) < 4.78 is 2.22. The third kappa shape index (κ3) is 3.13. The van der Waals surface area contributed by atoms with Crippen LogP contribution in [-0.2, 0) is 7.05 Å². The first kappa shape index (κ1) is 11.2. The first-order valence-corrected chi connectivity index (χ1v) is 5.35. The number of hydrogen-bond acceptors (Lipinski definition) is 0. The molecule has 1 atom stereocenters. The van der Waals surface area contributed by atoms with Gasteiger partial charge in [0.15, 0.2) is 11.9 Å². The molecular formula is C13H22N+. The molecule has 0 N–H and O–H groups in total. The van der Waals surface area contributed by atoms with E-state index in [0.717, 1.165) is 0 Å². The summed E-state index contributed by atoms with van der Waals surface area (Å²) in [6.45, 7) is 9.20. The second kappa shape index (κ2) is 4.12. The zero-order valence-corrected chi connectivity index (χ0v) is 10.0. The molecule has 0 aliphatic heterocycles. The Balaban J connectivity index is 2.80. The maximum absolute atomic E-state index is 2.31. The zero-order valence-electron chi connectivity index (χ0n) is 10.0. The van der Waals surface area contributed by atoms with Crippen molar-refractivity contribution in [1.82, 2.24) is 0 Å². The van der Waals surface area contributed by atoms with Gasteiger partial charge in [-0.3, -0.25) is 0 Å². The molecule has 1 rings (SSSR count). The predicted molar refractivity (Wildman–Crippen MR) is 60.1 cm³/mol. The summed E-state index contributed by atoms with van der Waals surface area (Å²) in [6.07, 6.45) is 3.35. The van der Waals surface area contributed by atoms with E-state index in [1.807, 2.05) is 0 Å². The van der Waals surface area contributed by atoms with Crippen molar-refractivity contribution in [2.24, 2.45) is 12.5 Å². The highest BCUT2D eigenvalue weighted by Gasteiger charge is 2.21. The molecule has 1 heteroatoms. The second-order valence-corrected chi connectivity index (χ2v) is 5.40. The number of aryl methyl sites for hydroxylation is 1. The second-order valence-electron chi connectivity index (χ2n) is 5.40. The number of hydrogen-bond donors (Lipinski definition) is 0. The van der Waals surface area contributed by atoms with Crippen molar-refractivity contribution in [3.8, 4) is 0 Å². The van der Waals surface area contributed by atoms with E-state index in [1.54, 1.807) is 0 Å². The summed E-state index contributed by atoms with van der Waals surface area (Å²) in [6, 6.07) is 6.41. The number of rotatable bonds is 2. The standard InChI is InChI=1S/C13H22N/c1-11(10-13(2,3)4)12-8-6-7-9-14(12)5/h6-9,11H,10H2,1-5H3/q+1. The third-order valence-electron chi connectivity index (χ3n) is 2.52. The van der Waals surface area contributed by atoms with E-state index in [1.165, 1.54) is 12.1 Å². The summed E-state index contributed by atoms with van der Waals surface area (Å²) >= 11 is 0. The zero-order chi connectivity index (χ0) is 10.8. The van der Waals surface area contributed by atoms with Crippen LogP contribution in [0, 0.1) is 5.41 Å². The Hall–Kier alpha value is -0.850. The SMILES string of the molecule is CC(CC(C)(C)C)c1cccc[n+]1C. The molecule has 0 spiro atoms. The smallest absolute Gasteiger partial charge is 0.183 e. The molecule has 0 aliphatic carbocycles. The maximum atomic E-state index is 2.31. The number of nitrogens with zero attached hydrogens (tertiary/aromatic N) is 1. The van der Waals surface area contributed by atoms with Crippen molar-refractivity contribution >= 4 is 0 Å². The molecule has 0 amide bonds. The molecule has 0 aromatic carbocycles. The summed E-state index contributed by atoms with van der Waals surface area (Å²) in [7, 11) is 2.12. The van der Waals surface area contributed by atoms with Gasteiger partial charge in [0.1, 0.15) is 7.05 Å². The van der Waals surface area contributed by atoms with Gasteiger partial charge in [-0.1, -0.05) is 33.8 Å². The fourth-order valence-corrected chi connectivity index (χ4v) is 2.07. The molecule has 0 saturated heterocycles. The molecule has 1 unspecified atom stereocenters. The van der Waals surface area contributed by atoms with E-state index in [0.29, 0.717) is 11.3 Å². The van der Waals surface area contributed by atoms with E-state index in [4.69, 9.17) is 0 Å². The van der Waals surface area contributed by atoms with Crippen LogP contribution >= 0.6 is 0 Å². The summed E-state index contributed by atoms with van der Waals surface area (Å²) in [5.41, 5.74) is 1.82. The fraction of sp³-hybridized carbons (Fsp3) is 0.615. The molecule has 0 radical (unpaired) electrons. The van der Waals surface area contributed by atoms with E-state index >= 15 is 0 Å². The van der Waals surface area contributed by atoms with Crippen molar-refractivity contribution in [3.05, 3.63) is 30.1 Å². The van der Waals surface area contributed by atoms with Crippen molar-refractivity contribution in [1.29, 1.82) is 0 Å². The van der Waals surface area contributed by atoms with E-state index in [2.05, 4.69) is 63.7 Å². The molecule has 1 aromatic rings. The minimum Gasteiger partial charge on any atom is -0.205 e. The Morgan fingerprint density at radius 2 is 1.93 bits per heavy atom. The van der Waals surface area contributed by atoms with Gasteiger partial charge in [-0.05, 0) is 11.8 Å². The van der Waals surface area contributed by atoms with Crippen LogP contribution in [-0.4, -0.2) is 0 Å². The minimum absolute atomic E-state index is 0.405. The van der Waals surface area contributed by atoms with Crippen LogP contribution in [0.1, 0.15) is 45.7 Å². The highest BCUT2D eigenvalue weighted by atomic mass is 14.9. The number of pyridine rings is 1. The largest absolute Gasteiger partial charge is 0.205 e. The van der Waals surface area contributed by atoms with Crippen LogP contribution in [0.2, 0.25) is 0 Å². The summed E-state index contributed by atoms with van der Waals surface area (Å²) in [5.74, 6) is 0.626. The molecule has 0 saturated carbocycles. The van der Waals surface area contributed by atoms with Gasteiger partial charge in [-0.25, -0.2) is 4.57 Å². The van der Waals surface area contributed by atoms with E-state index < -0.39 is 0 Å². The molecular weight excluding hydrogens is 170 g/mol. The van der Waals surface area contributed by atoms with Gasteiger partial charge in [0, 0.05) is 18.1 Å². The van der Waals surface area contributed by atoms with Crippen molar-refractivity contribution in [3.63, 3.8) is 0 Å². The lowest BCUT2D eigenvalue weighted by molar-refractivity contribution is -0.680. The first-order valence-electron chi connectivity index (χ1n) is 5.35. The Kier molecular flexibility index (Phi) is 3.30. The van der Waals surface area contributed by atoms with Gasteiger partial charge in [0.2, 0.25) is 0 Å². The number of aromatic nitrogens is 1. The van der Waals surface area contributed by atoms with Crippen molar-refractivity contribution < 1.29 is 4.57 Å². The quantitative estimate of drug-likeness (QED) is 0.634. The molecule has 78 valence electrons. The lowest BCUT2D eigenvalue weighted by atomic mass is 9.84. The molecule has 1 aromatic heterocycles. The monoisotopic (exact) mass is 192 g/mol. The molecule has 0 aliphatic rings. The van der Waals surface area contributed by atoms with Crippen LogP contribution in [0.5, 0.6) is 0 Å². The highest BCUT2D eigenvalue weighted by molar-refractivity contribution is 5.03. The van der Waals surface area contributed by atoms with Crippen LogP contribution in [0.3, 0.4) is 0 Å². The predicted octanol–water partition coefficient (Wildman–Crippen LogP) is 3.05. The Morgan fingerprint density at radius 1 is 1.29 bits per heavy atom. The van der Waals surface area contributed by atoms with Crippen LogP contribution < -0.4 is 4.57 Å². The van der Waals surface area contributed by atoms with Crippen LogP contribution in [0.4, 0.5) is 0 Å².